The Morgan fingerprint density at radius 2 is 2.19 bits per heavy atom. The average molecular weight is 378 g/mol. The highest BCUT2D eigenvalue weighted by Gasteiger charge is 2.28. The Kier molecular flexibility index (Phi) is 5.16. The lowest BCUT2D eigenvalue weighted by Gasteiger charge is -2.30. The number of rotatable bonds is 4. The van der Waals surface area contributed by atoms with Gasteiger partial charge in [0.1, 0.15) is 5.82 Å². The van der Waals surface area contributed by atoms with Crippen LogP contribution in [0, 0.1) is 11.7 Å². The molecule has 21 heavy (non-hydrogen) atoms. The molecule has 7 heteroatoms. The normalized spacial score (nSPS) is 20.4. The lowest BCUT2D eigenvalue weighted by Crippen LogP contribution is -2.39. The van der Waals surface area contributed by atoms with E-state index in [4.69, 9.17) is 0 Å². The molecule has 0 aliphatic carbocycles. The summed E-state index contributed by atoms with van der Waals surface area (Å²) in [7, 11) is -3.24. The molecule has 4 nitrogen and oxygen atoms in total. The van der Waals surface area contributed by atoms with E-state index in [-0.39, 0.29) is 23.7 Å². The van der Waals surface area contributed by atoms with E-state index < -0.39 is 15.8 Å². The minimum atomic E-state index is -3.24. The Balaban J connectivity index is 2.10. The number of carbonyl (C=O) groups is 1. The van der Waals surface area contributed by atoms with E-state index >= 15 is 0 Å². The van der Waals surface area contributed by atoms with E-state index in [1.165, 1.54) is 22.7 Å². The number of benzene rings is 1. The maximum atomic E-state index is 13.8. The predicted octanol–water partition coefficient (Wildman–Crippen LogP) is 2.83. The van der Waals surface area contributed by atoms with Crippen molar-refractivity contribution in [3.63, 3.8) is 0 Å². The van der Waals surface area contributed by atoms with Crippen LogP contribution in [0.5, 0.6) is 0 Å². The number of nitrogens with zero attached hydrogens (tertiary/aromatic N) is 1. The van der Waals surface area contributed by atoms with Crippen LogP contribution in [0.1, 0.15) is 29.6 Å². The summed E-state index contributed by atoms with van der Waals surface area (Å²) >= 11 is 3.19. The molecule has 1 aromatic carbocycles. The van der Waals surface area contributed by atoms with Gasteiger partial charge in [0.15, 0.2) is 5.78 Å². The molecule has 1 saturated heterocycles. The SMILES string of the molecule is CS(=O)(=O)N1CCCC(CC(=O)c2c(F)cccc2Br)C1. The molecule has 2 rings (SSSR count). The fraction of sp³-hybridized carbons (Fsp3) is 0.500. The Hall–Kier alpha value is -0.790. The quantitative estimate of drug-likeness (QED) is 0.758. The number of carbonyl (C=O) groups excluding carboxylic acids is 1. The zero-order valence-electron chi connectivity index (χ0n) is 11.7. The Morgan fingerprint density at radius 3 is 2.81 bits per heavy atom. The molecule has 1 aromatic rings. The zero-order chi connectivity index (χ0) is 15.6. The van der Waals surface area contributed by atoms with Gasteiger partial charge in [-0.3, -0.25) is 4.79 Å². The van der Waals surface area contributed by atoms with Crippen LogP contribution in [-0.2, 0) is 10.0 Å². The molecule has 0 amide bonds. The first kappa shape index (κ1) is 16.6. The van der Waals surface area contributed by atoms with Crippen LogP contribution < -0.4 is 0 Å². The van der Waals surface area contributed by atoms with Crippen molar-refractivity contribution in [2.45, 2.75) is 19.3 Å². The topological polar surface area (TPSA) is 54.5 Å². The van der Waals surface area contributed by atoms with Gasteiger partial charge in [-0.25, -0.2) is 17.1 Å². The minimum absolute atomic E-state index is 0.0500. The van der Waals surface area contributed by atoms with Crippen LogP contribution in [-0.4, -0.2) is 37.9 Å². The number of halogens is 2. The number of Topliss-reactive ketones (excluding diaryl/α,β-unsaturated/α-hetero) is 1. The van der Waals surface area contributed by atoms with Gasteiger partial charge in [-0.1, -0.05) is 6.07 Å². The first-order chi connectivity index (χ1) is 9.79. The van der Waals surface area contributed by atoms with E-state index in [2.05, 4.69) is 15.9 Å². The summed E-state index contributed by atoms with van der Waals surface area (Å²) in [6, 6.07) is 4.41. The van der Waals surface area contributed by atoms with Crippen LogP contribution in [0.3, 0.4) is 0 Å². The fourth-order valence-corrected chi connectivity index (χ4v) is 4.13. The Bertz CT molecular complexity index is 627. The van der Waals surface area contributed by atoms with E-state index in [1.807, 2.05) is 0 Å². The van der Waals surface area contributed by atoms with Gasteiger partial charge in [0.2, 0.25) is 10.0 Å². The molecule has 0 N–H and O–H groups in total. The molecule has 116 valence electrons. The summed E-state index contributed by atoms with van der Waals surface area (Å²) in [5, 5.41) is 0. The van der Waals surface area contributed by atoms with Crippen molar-refractivity contribution in [1.82, 2.24) is 4.31 Å². The molecule has 0 bridgehead atoms. The monoisotopic (exact) mass is 377 g/mol. The van der Waals surface area contributed by atoms with E-state index in [0.717, 1.165) is 12.8 Å². The highest BCUT2D eigenvalue weighted by molar-refractivity contribution is 9.10. The second kappa shape index (κ2) is 6.54. The number of sulfonamides is 1. The van der Waals surface area contributed by atoms with Crippen LogP contribution in [0.2, 0.25) is 0 Å². The molecule has 1 aliphatic rings. The maximum absolute atomic E-state index is 13.8. The molecule has 0 saturated carbocycles. The molecule has 0 spiro atoms. The van der Waals surface area contributed by atoms with Crippen molar-refractivity contribution in [3.8, 4) is 0 Å². The lowest BCUT2D eigenvalue weighted by atomic mass is 9.92. The van der Waals surface area contributed by atoms with Gasteiger partial charge in [0.05, 0.1) is 11.8 Å². The molecule has 1 fully saturated rings. The number of ketones is 1. The van der Waals surface area contributed by atoms with Gasteiger partial charge in [-0.15, -0.1) is 0 Å². The summed E-state index contributed by atoms with van der Waals surface area (Å²) < 4.78 is 38.7. The number of hydrogen-bond donors (Lipinski definition) is 0. The molecule has 0 radical (unpaired) electrons. The van der Waals surface area contributed by atoms with Crippen LogP contribution in [0.4, 0.5) is 4.39 Å². The van der Waals surface area contributed by atoms with Crippen LogP contribution in [0.15, 0.2) is 22.7 Å². The summed E-state index contributed by atoms with van der Waals surface area (Å²) in [6.07, 6.45) is 2.84. The Labute approximate surface area is 132 Å². The third kappa shape index (κ3) is 4.11. The minimum Gasteiger partial charge on any atom is -0.294 e. The van der Waals surface area contributed by atoms with E-state index in [0.29, 0.717) is 17.6 Å². The maximum Gasteiger partial charge on any atom is 0.211 e. The van der Waals surface area contributed by atoms with E-state index in [9.17, 15) is 17.6 Å². The van der Waals surface area contributed by atoms with Gasteiger partial charge < -0.3 is 0 Å². The first-order valence-electron chi connectivity index (χ1n) is 6.71. The van der Waals surface area contributed by atoms with Crippen molar-refractivity contribution >= 4 is 31.7 Å². The van der Waals surface area contributed by atoms with Crippen LogP contribution >= 0.6 is 15.9 Å². The second-order valence-corrected chi connectivity index (χ2v) is 8.19. The van der Waals surface area contributed by atoms with Crippen molar-refractivity contribution < 1.29 is 17.6 Å². The predicted molar refractivity (Wildman–Crippen MR) is 82.2 cm³/mol. The third-order valence-corrected chi connectivity index (χ3v) is 5.60. The molecule has 1 atom stereocenters. The van der Waals surface area contributed by atoms with Gasteiger partial charge in [-0.05, 0) is 46.8 Å². The molecule has 1 aliphatic heterocycles. The summed E-state index contributed by atoms with van der Waals surface area (Å²) in [5.74, 6) is -0.905. The largest absolute Gasteiger partial charge is 0.294 e. The van der Waals surface area contributed by atoms with Crippen molar-refractivity contribution in [1.29, 1.82) is 0 Å². The lowest BCUT2D eigenvalue weighted by molar-refractivity contribution is 0.0937. The smallest absolute Gasteiger partial charge is 0.211 e. The Morgan fingerprint density at radius 1 is 1.48 bits per heavy atom. The first-order valence-corrected chi connectivity index (χ1v) is 9.35. The number of piperidine rings is 1. The van der Waals surface area contributed by atoms with E-state index in [1.54, 1.807) is 6.07 Å². The molecule has 1 heterocycles. The highest BCUT2D eigenvalue weighted by Crippen LogP contribution is 2.26. The van der Waals surface area contributed by atoms with Gasteiger partial charge >= 0.3 is 0 Å². The van der Waals surface area contributed by atoms with Gasteiger partial charge in [0.25, 0.3) is 0 Å². The fourth-order valence-electron chi connectivity index (χ4n) is 2.62. The standard InChI is InChI=1S/C14H17BrFNO3S/c1-21(19,20)17-7-3-4-10(9-17)8-13(18)14-11(15)5-2-6-12(14)16/h2,5-6,10H,3-4,7-9H2,1H3. The van der Waals surface area contributed by atoms with Gasteiger partial charge in [-0.2, -0.15) is 0 Å². The van der Waals surface area contributed by atoms with Crippen molar-refractivity contribution in [2.75, 3.05) is 19.3 Å². The molecular formula is C14H17BrFNO3S. The summed E-state index contributed by atoms with van der Waals surface area (Å²) in [5.41, 5.74) is 0.0500. The van der Waals surface area contributed by atoms with Crippen LogP contribution in [0.25, 0.3) is 0 Å². The zero-order valence-corrected chi connectivity index (χ0v) is 14.1. The average Bonchev–Trinajstić information content (AvgIpc) is 2.37. The van der Waals surface area contributed by atoms with Crippen molar-refractivity contribution in [2.24, 2.45) is 5.92 Å². The number of hydrogen-bond acceptors (Lipinski definition) is 3. The van der Waals surface area contributed by atoms with Gasteiger partial charge in [0, 0.05) is 24.0 Å². The molecule has 0 aromatic heterocycles. The highest BCUT2D eigenvalue weighted by atomic mass is 79.9. The second-order valence-electron chi connectivity index (χ2n) is 5.35. The third-order valence-electron chi connectivity index (χ3n) is 3.67. The molecule has 1 unspecified atom stereocenters. The summed E-state index contributed by atoms with van der Waals surface area (Å²) in [4.78, 5) is 12.3. The van der Waals surface area contributed by atoms with Crippen molar-refractivity contribution in [3.05, 3.63) is 34.1 Å². The molecular weight excluding hydrogens is 361 g/mol. The summed E-state index contributed by atoms with van der Waals surface area (Å²) in [6.45, 7) is 0.823.